The van der Waals surface area contributed by atoms with Gasteiger partial charge in [-0.25, -0.2) is 9.97 Å². The molecule has 120 valence electrons. The van der Waals surface area contributed by atoms with Crippen molar-refractivity contribution in [1.82, 2.24) is 9.97 Å². The highest BCUT2D eigenvalue weighted by molar-refractivity contribution is 5.49. The first-order valence-corrected chi connectivity index (χ1v) is 8.61. The van der Waals surface area contributed by atoms with Crippen LogP contribution in [0.5, 0.6) is 0 Å². The van der Waals surface area contributed by atoms with E-state index >= 15 is 0 Å². The number of hydrogen-bond donors (Lipinski definition) is 1. The van der Waals surface area contributed by atoms with Crippen molar-refractivity contribution in [3.8, 4) is 0 Å². The van der Waals surface area contributed by atoms with E-state index in [0.717, 1.165) is 37.5 Å². The number of nitrogens with zero attached hydrogens (tertiary/aromatic N) is 2. The summed E-state index contributed by atoms with van der Waals surface area (Å²) in [6, 6.07) is 10.8. The molecule has 1 fully saturated rings. The SMILES string of the molecule is Cc1nc2c(c(NC3CCOC3c3ccccc3)n1)CCCC2. The van der Waals surface area contributed by atoms with Gasteiger partial charge in [-0.2, -0.15) is 0 Å². The number of hydrogen-bond acceptors (Lipinski definition) is 4. The molecule has 1 N–H and O–H groups in total. The highest BCUT2D eigenvalue weighted by Crippen LogP contribution is 2.33. The van der Waals surface area contributed by atoms with E-state index in [2.05, 4.69) is 34.6 Å². The Balaban J connectivity index is 1.61. The molecule has 4 nitrogen and oxygen atoms in total. The van der Waals surface area contributed by atoms with Crippen LogP contribution in [0.1, 0.15) is 48.0 Å². The van der Waals surface area contributed by atoms with E-state index in [9.17, 15) is 0 Å². The number of aromatic nitrogens is 2. The number of ether oxygens (including phenoxy) is 1. The number of nitrogens with one attached hydrogen (secondary N) is 1. The molecule has 2 atom stereocenters. The molecule has 1 saturated heterocycles. The molecule has 2 aliphatic rings. The van der Waals surface area contributed by atoms with Crippen molar-refractivity contribution >= 4 is 5.82 Å². The van der Waals surface area contributed by atoms with Crippen molar-refractivity contribution in [1.29, 1.82) is 0 Å². The third-order valence-electron chi connectivity index (χ3n) is 4.84. The molecule has 0 bridgehead atoms. The lowest BCUT2D eigenvalue weighted by Crippen LogP contribution is -2.26. The molecule has 1 aromatic heterocycles. The normalized spacial score (nSPS) is 23.5. The molecule has 0 saturated carbocycles. The van der Waals surface area contributed by atoms with E-state index < -0.39 is 0 Å². The quantitative estimate of drug-likeness (QED) is 0.941. The van der Waals surface area contributed by atoms with Gasteiger partial charge in [0.15, 0.2) is 0 Å². The van der Waals surface area contributed by atoms with Crippen molar-refractivity contribution in [2.45, 2.75) is 51.2 Å². The summed E-state index contributed by atoms with van der Waals surface area (Å²) < 4.78 is 5.99. The van der Waals surface area contributed by atoms with E-state index in [1.54, 1.807) is 0 Å². The average molecular weight is 309 g/mol. The Labute approximate surface area is 137 Å². The van der Waals surface area contributed by atoms with Crippen molar-refractivity contribution in [3.05, 3.63) is 53.0 Å². The zero-order valence-electron chi connectivity index (χ0n) is 13.6. The Kier molecular flexibility index (Phi) is 4.00. The number of aryl methyl sites for hydroxylation is 2. The van der Waals surface area contributed by atoms with Gasteiger partial charge in [0.05, 0.1) is 6.04 Å². The second-order valence-electron chi connectivity index (χ2n) is 6.49. The summed E-state index contributed by atoms with van der Waals surface area (Å²) in [5.74, 6) is 1.90. The van der Waals surface area contributed by atoms with Crippen LogP contribution < -0.4 is 5.32 Å². The van der Waals surface area contributed by atoms with Gasteiger partial charge in [-0.05, 0) is 44.6 Å². The predicted molar refractivity (Wildman–Crippen MR) is 90.6 cm³/mol. The van der Waals surface area contributed by atoms with Crippen LogP contribution in [-0.4, -0.2) is 22.6 Å². The van der Waals surface area contributed by atoms with Crippen LogP contribution in [0.2, 0.25) is 0 Å². The first kappa shape index (κ1) is 14.6. The lowest BCUT2D eigenvalue weighted by molar-refractivity contribution is 0.107. The van der Waals surface area contributed by atoms with Crippen molar-refractivity contribution < 1.29 is 4.74 Å². The smallest absolute Gasteiger partial charge is 0.133 e. The Hall–Kier alpha value is -1.94. The summed E-state index contributed by atoms with van der Waals surface area (Å²) in [6.07, 6.45) is 5.75. The molecule has 4 heteroatoms. The number of rotatable bonds is 3. The van der Waals surface area contributed by atoms with E-state index in [0.29, 0.717) is 0 Å². The summed E-state index contributed by atoms with van der Waals surface area (Å²) in [7, 11) is 0. The minimum Gasteiger partial charge on any atom is -0.371 e. The van der Waals surface area contributed by atoms with E-state index in [1.807, 2.05) is 13.0 Å². The molecule has 2 aromatic rings. The summed E-state index contributed by atoms with van der Waals surface area (Å²) in [5, 5.41) is 3.68. The maximum Gasteiger partial charge on any atom is 0.133 e. The van der Waals surface area contributed by atoms with Crippen LogP contribution in [0.4, 0.5) is 5.82 Å². The molecule has 1 aliphatic heterocycles. The summed E-state index contributed by atoms with van der Waals surface area (Å²) in [5.41, 5.74) is 3.80. The van der Waals surface area contributed by atoms with Crippen LogP contribution in [0.3, 0.4) is 0 Å². The average Bonchev–Trinajstić information content (AvgIpc) is 3.04. The van der Waals surface area contributed by atoms with Crippen molar-refractivity contribution in [2.24, 2.45) is 0 Å². The molecule has 0 radical (unpaired) electrons. The highest BCUT2D eigenvalue weighted by atomic mass is 16.5. The van der Waals surface area contributed by atoms with Gasteiger partial charge in [-0.3, -0.25) is 0 Å². The van der Waals surface area contributed by atoms with Gasteiger partial charge in [0.1, 0.15) is 17.7 Å². The molecular formula is C19H23N3O. The minimum absolute atomic E-state index is 0.103. The Morgan fingerprint density at radius 3 is 2.78 bits per heavy atom. The maximum absolute atomic E-state index is 5.99. The fraction of sp³-hybridized carbons (Fsp3) is 0.474. The highest BCUT2D eigenvalue weighted by Gasteiger charge is 2.31. The lowest BCUT2D eigenvalue weighted by Gasteiger charge is -2.24. The minimum atomic E-state index is 0.103. The third-order valence-corrected chi connectivity index (χ3v) is 4.84. The van der Waals surface area contributed by atoms with Crippen molar-refractivity contribution in [2.75, 3.05) is 11.9 Å². The first-order chi connectivity index (χ1) is 11.3. The molecular weight excluding hydrogens is 286 g/mol. The standard InChI is InChI=1S/C19H23N3O/c1-13-20-16-10-6-5-9-15(16)19(21-13)22-17-11-12-23-18(17)14-7-3-2-4-8-14/h2-4,7-8,17-18H,5-6,9-12H2,1H3,(H,20,21,22). The zero-order valence-corrected chi connectivity index (χ0v) is 13.6. The number of fused-ring (bicyclic) bond motifs is 1. The van der Waals surface area contributed by atoms with Gasteiger partial charge in [0, 0.05) is 17.9 Å². The molecule has 2 heterocycles. The molecule has 2 unspecified atom stereocenters. The third kappa shape index (κ3) is 2.95. The number of anilines is 1. The predicted octanol–water partition coefficient (Wildman–Crippen LogP) is 3.61. The van der Waals surface area contributed by atoms with Gasteiger partial charge in [0.2, 0.25) is 0 Å². The van der Waals surface area contributed by atoms with Crippen LogP contribution in [-0.2, 0) is 17.6 Å². The zero-order chi connectivity index (χ0) is 15.6. The summed E-state index contributed by atoms with van der Waals surface area (Å²) in [4.78, 5) is 9.34. The van der Waals surface area contributed by atoms with Crippen LogP contribution in [0.15, 0.2) is 30.3 Å². The molecule has 1 aromatic carbocycles. The topological polar surface area (TPSA) is 47.0 Å². The first-order valence-electron chi connectivity index (χ1n) is 8.61. The van der Waals surface area contributed by atoms with Crippen LogP contribution >= 0.6 is 0 Å². The molecule has 0 spiro atoms. The largest absolute Gasteiger partial charge is 0.371 e. The monoisotopic (exact) mass is 309 g/mol. The Bertz CT molecular complexity index is 687. The van der Waals surface area contributed by atoms with Crippen LogP contribution in [0.25, 0.3) is 0 Å². The van der Waals surface area contributed by atoms with E-state index in [-0.39, 0.29) is 12.1 Å². The Morgan fingerprint density at radius 2 is 1.91 bits per heavy atom. The van der Waals surface area contributed by atoms with Gasteiger partial charge in [0.25, 0.3) is 0 Å². The molecule has 23 heavy (non-hydrogen) atoms. The fourth-order valence-electron chi connectivity index (χ4n) is 3.72. The second kappa shape index (κ2) is 6.28. The number of benzene rings is 1. The Morgan fingerprint density at radius 1 is 1.09 bits per heavy atom. The van der Waals surface area contributed by atoms with E-state index in [1.165, 1.54) is 29.7 Å². The molecule has 1 aliphatic carbocycles. The molecule has 0 amide bonds. The van der Waals surface area contributed by atoms with Gasteiger partial charge in [-0.15, -0.1) is 0 Å². The van der Waals surface area contributed by atoms with Gasteiger partial charge >= 0.3 is 0 Å². The van der Waals surface area contributed by atoms with E-state index in [4.69, 9.17) is 9.72 Å². The van der Waals surface area contributed by atoms with Crippen molar-refractivity contribution in [3.63, 3.8) is 0 Å². The summed E-state index contributed by atoms with van der Waals surface area (Å²) in [6.45, 7) is 2.78. The molecule has 4 rings (SSSR count). The summed E-state index contributed by atoms with van der Waals surface area (Å²) >= 11 is 0. The second-order valence-corrected chi connectivity index (χ2v) is 6.49. The van der Waals surface area contributed by atoms with Gasteiger partial charge in [-0.1, -0.05) is 30.3 Å². The lowest BCUT2D eigenvalue weighted by atomic mass is 9.95. The maximum atomic E-state index is 5.99. The van der Waals surface area contributed by atoms with Crippen LogP contribution in [0, 0.1) is 6.92 Å². The fourth-order valence-corrected chi connectivity index (χ4v) is 3.72. The van der Waals surface area contributed by atoms with Gasteiger partial charge < -0.3 is 10.1 Å².